The summed E-state index contributed by atoms with van der Waals surface area (Å²) in [5.74, 6) is 0. The van der Waals surface area contributed by atoms with Gasteiger partial charge in [0.15, 0.2) is 5.11 Å². The smallest absolute Gasteiger partial charge is 0.170 e. The molecule has 4 nitrogen and oxygen atoms in total. The predicted octanol–water partition coefficient (Wildman–Crippen LogP) is 6.97. The molecule has 2 atom stereocenters. The van der Waals surface area contributed by atoms with Crippen molar-refractivity contribution < 1.29 is 0 Å². The summed E-state index contributed by atoms with van der Waals surface area (Å²) in [7, 11) is 0. The zero-order chi connectivity index (χ0) is 23.8. The Kier molecular flexibility index (Phi) is 6.34. The van der Waals surface area contributed by atoms with E-state index >= 15 is 0 Å². The van der Waals surface area contributed by atoms with Crippen molar-refractivity contribution in [1.29, 1.82) is 0 Å². The number of aromatic nitrogens is 2. The monoisotopic (exact) mass is 506 g/mol. The normalized spacial score (nSPS) is 17.8. The first-order valence-electron chi connectivity index (χ1n) is 11.1. The molecule has 34 heavy (non-hydrogen) atoms. The van der Waals surface area contributed by atoms with Gasteiger partial charge in [-0.25, -0.2) is 0 Å². The third kappa shape index (κ3) is 4.09. The molecule has 0 aliphatic carbocycles. The van der Waals surface area contributed by atoms with E-state index in [1.807, 2.05) is 42.6 Å². The summed E-state index contributed by atoms with van der Waals surface area (Å²) < 4.78 is 2.17. The molecular weight excluding hydrogens is 483 g/mol. The lowest BCUT2D eigenvalue weighted by molar-refractivity contribution is 0.310. The van der Waals surface area contributed by atoms with Crippen LogP contribution in [0.25, 0.3) is 5.69 Å². The largest absolute Gasteiger partial charge is 0.352 e. The second-order valence-electron chi connectivity index (χ2n) is 8.47. The van der Waals surface area contributed by atoms with Gasteiger partial charge in [-0.1, -0.05) is 65.7 Å². The van der Waals surface area contributed by atoms with Crippen molar-refractivity contribution in [2.75, 3.05) is 0 Å². The number of hydrogen-bond donors (Lipinski definition) is 1. The molecule has 1 saturated heterocycles. The van der Waals surface area contributed by atoms with Crippen LogP contribution in [0.15, 0.2) is 79.0 Å². The molecule has 1 aliphatic heterocycles. The summed E-state index contributed by atoms with van der Waals surface area (Å²) in [6, 6.07) is 24.2. The number of halogens is 2. The second-order valence-corrected chi connectivity index (χ2v) is 9.65. The highest BCUT2D eigenvalue weighted by Crippen LogP contribution is 2.43. The number of nitrogens with one attached hydrogen (secondary N) is 1. The zero-order valence-electron chi connectivity index (χ0n) is 18.9. The van der Waals surface area contributed by atoms with Crippen molar-refractivity contribution in [3.05, 3.63) is 117 Å². The lowest BCUT2D eigenvalue weighted by Gasteiger charge is -2.28. The van der Waals surface area contributed by atoms with Crippen molar-refractivity contribution in [3.8, 4) is 5.69 Å². The molecule has 0 radical (unpaired) electrons. The maximum atomic E-state index is 6.62. The number of benzene rings is 2. The first-order chi connectivity index (χ1) is 16.5. The van der Waals surface area contributed by atoms with Gasteiger partial charge in [-0.05, 0) is 67.5 Å². The Morgan fingerprint density at radius 2 is 1.74 bits per heavy atom. The summed E-state index contributed by atoms with van der Waals surface area (Å²) in [5.41, 5.74) is 6.37. The topological polar surface area (TPSA) is 33.1 Å². The summed E-state index contributed by atoms with van der Waals surface area (Å²) >= 11 is 18.8. The molecule has 0 bridgehead atoms. The van der Waals surface area contributed by atoms with Crippen LogP contribution in [-0.2, 0) is 6.54 Å². The van der Waals surface area contributed by atoms with Crippen LogP contribution in [0.2, 0.25) is 10.0 Å². The minimum Gasteiger partial charge on any atom is -0.352 e. The van der Waals surface area contributed by atoms with E-state index in [0.717, 1.165) is 27.9 Å². The van der Waals surface area contributed by atoms with Crippen LogP contribution in [0.1, 0.15) is 40.3 Å². The highest BCUT2D eigenvalue weighted by atomic mass is 35.5. The van der Waals surface area contributed by atoms with Crippen LogP contribution in [0.3, 0.4) is 0 Å². The fraction of sp³-hybridized carbons (Fsp3) is 0.185. The maximum absolute atomic E-state index is 6.62. The van der Waals surface area contributed by atoms with Gasteiger partial charge in [-0.15, -0.1) is 0 Å². The SMILES string of the molecule is Cc1cc([C@H]2[C@H](c3ccccn3)NC(=S)N2Cc2ccccc2)c(C)n1-c1cccc(Cl)c1Cl. The number of rotatable bonds is 5. The maximum Gasteiger partial charge on any atom is 0.170 e. The van der Waals surface area contributed by atoms with Crippen LogP contribution < -0.4 is 5.32 Å². The number of pyridine rings is 1. The van der Waals surface area contributed by atoms with E-state index in [9.17, 15) is 0 Å². The van der Waals surface area contributed by atoms with Gasteiger partial charge >= 0.3 is 0 Å². The van der Waals surface area contributed by atoms with E-state index in [2.05, 4.69) is 63.9 Å². The third-order valence-electron chi connectivity index (χ3n) is 6.35. The third-order valence-corrected chi connectivity index (χ3v) is 7.52. The quantitative estimate of drug-likeness (QED) is 0.296. The van der Waals surface area contributed by atoms with Crippen LogP contribution in [0, 0.1) is 13.8 Å². The van der Waals surface area contributed by atoms with Gasteiger partial charge in [0.2, 0.25) is 0 Å². The number of hydrogen-bond acceptors (Lipinski definition) is 2. The van der Waals surface area contributed by atoms with E-state index in [4.69, 9.17) is 35.4 Å². The number of aryl methyl sites for hydroxylation is 1. The molecule has 7 heteroatoms. The molecule has 1 fully saturated rings. The first kappa shape index (κ1) is 22.9. The fourth-order valence-corrected chi connectivity index (χ4v) is 5.50. The van der Waals surface area contributed by atoms with E-state index in [0.29, 0.717) is 16.6 Å². The molecule has 0 saturated carbocycles. The van der Waals surface area contributed by atoms with Crippen LogP contribution in [0.4, 0.5) is 0 Å². The van der Waals surface area contributed by atoms with E-state index in [1.54, 1.807) is 6.07 Å². The molecule has 0 spiro atoms. The number of nitrogens with zero attached hydrogens (tertiary/aromatic N) is 3. The first-order valence-corrected chi connectivity index (χ1v) is 12.3. The Morgan fingerprint density at radius 1 is 0.971 bits per heavy atom. The lowest BCUT2D eigenvalue weighted by atomic mass is 9.96. The van der Waals surface area contributed by atoms with Gasteiger partial charge in [-0.3, -0.25) is 4.98 Å². The molecule has 1 aliphatic rings. The Balaban J connectivity index is 1.64. The molecule has 172 valence electrons. The zero-order valence-corrected chi connectivity index (χ0v) is 21.2. The average molecular weight is 507 g/mol. The summed E-state index contributed by atoms with van der Waals surface area (Å²) in [5, 5.41) is 5.34. The highest BCUT2D eigenvalue weighted by molar-refractivity contribution is 7.80. The van der Waals surface area contributed by atoms with Crippen molar-refractivity contribution >= 4 is 40.5 Å². The minimum absolute atomic E-state index is 0.0412. The van der Waals surface area contributed by atoms with Crippen LogP contribution >= 0.6 is 35.4 Å². The van der Waals surface area contributed by atoms with Crippen LogP contribution in [-0.4, -0.2) is 19.6 Å². The molecule has 2 aromatic carbocycles. The van der Waals surface area contributed by atoms with Gasteiger partial charge in [-0.2, -0.15) is 0 Å². The molecular formula is C27H24Cl2N4S. The molecule has 5 rings (SSSR count). The van der Waals surface area contributed by atoms with Gasteiger partial charge in [0.25, 0.3) is 0 Å². The predicted molar refractivity (Wildman–Crippen MR) is 143 cm³/mol. The van der Waals surface area contributed by atoms with E-state index < -0.39 is 0 Å². The Morgan fingerprint density at radius 3 is 2.47 bits per heavy atom. The molecule has 0 amide bonds. The standard InChI is InChI=1S/C27H24Cl2N4S/c1-17-15-20(18(2)33(17)23-13-8-11-21(28)24(23)29)26-25(22-12-6-7-14-30-22)31-27(34)32(26)16-19-9-4-3-5-10-19/h3-15,25-26H,16H2,1-2H3,(H,31,34)/t25-,26-/m0/s1. The average Bonchev–Trinajstić information content (AvgIpc) is 3.32. The van der Waals surface area contributed by atoms with Crippen molar-refractivity contribution in [2.45, 2.75) is 32.5 Å². The van der Waals surface area contributed by atoms with Crippen molar-refractivity contribution in [1.82, 2.24) is 19.8 Å². The Hall–Kier alpha value is -2.86. The highest BCUT2D eigenvalue weighted by Gasteiger charge is 2.41. The molecule has 3 heterocycles. The molecule has 2 aromatic heterocycles. The minimum atomic E-state index is -0.0822. The Labute approximate surface area is 215 Å². The van der Waals surface area contributed by atoms with E-state index in [-0.39, 0.29) is 12.1 Å². The van der Waals surface area contributed by atoms with Crippen LogP contribution in [0.5, 0.6) is 0 Å². The van der Waals surface area contributed by atoms with Gasteiger partial charge < -0.3 is 14.8 Å². The number of thiocarbonyl (C=S) groups is 1. The summed E-state index contributed by atoms with van der Waals surface area (Å²) in [6.07, 6.45) is 1.83. The summed E-state index contributed by atoms with van der Waals surface area (Å²) in [6.45, 7) is 4.91. The van der Waals surface area contributed by atoms with Gasteiger partial charge in [0.05, 0.1) is 33.5 Å². The van der Waals surface area contributed by atoms with E-state index in [1.165, 1.54) is 11.1 Å². The summed E-state index contributed by atoms with van der Waals surface area (Å²) in [4.78, 5) is 6.92. The molecule has 1 N–H and O–H groups in total. The molecule has 4 aromatic rings. The van der Waals surface area contributed by atoms with Gasteiger partial charge in [0, 0.05) is 24.1 Å². The van der Waals surface area contributed by atoms with Crippen molar-refractivity contribution in [3.63, 3.8) is 0 Å². The molecule has 0 unspecified atom stereocenters. The fourth-order valence-electron chi connectivity index (χ4n) is 4.82. The van der Waals surface area contributed by atoms with Crippen molar-refractivity contribution in [2.24, 2.45) is 0 Å². The second kappa shape index (κ2) is 9.41. The Bertz CT molecular complexity index is 1340. The van der Waals surface area contributed by atoms with Gasteiger partial charge in [0.1, 0.15) is 0 Å². The lowest BCUT2D eigenvalue weighted by Crippen LogP contribution is -2.29.